The Bertz CT molecular complexity index is 1370. The van der Waals surface area contributed by atoms with E-state index in [4.69, 9.17) is 16.3 Å². The molecule has 1 fully saturated rings. The van der Waals surface area contributed by atoms with Crippen molar-refractivity contribution in [1.82, 2.24) is 9.97 Å². The second-order valence-corrected chi connectivity index (χ2v) is 10.2. The van der Waals surface area contributed by atoms with E-state index in [9.17, 15) is 14.4 Å². The van der Waals surface area contributed by atoms with Gasteiger partial charge in [-0.05, 0) is 67.3 Å². The maximum absolute atomic E-state index is 11.7. The maximum atomic E-state index is 11.7. The van der Waals surface area contributed by atoms with E-state index in [1.807, 2.05) is 6.07 Å². The Labute approximate surface area is 196 Å². The summed E-state index contributed by atoms with van der Waals surface area (Å²) in [5, 5.41) is 0.518. The van der Waals surface area contributed by atoms with Crippen molar-refractivity contribution < 1.29 is 19.1 Å². The van der Waals surface area contributed by atoms with Gasteiger partial charge in [0, 0.05) is 24.3 Å². The number of nitrogens with one attached hydrogen (secondary N) is 1. The third-order valence-electron chi connectivity index (χ3n) is 5.91. The molecule has 2 heterocycles. The highest BCUT2D eigenvalue weighted by Gasteiger charge is 2.21. The summed E-state index contributed by atoms with van der Waals surface area (Å²) in [6, 6.07) is 16.9. The first-order chi connectivity index (χ1) is 15.8. The van der Waals surface area contributed by atoms with Crippen molar-refractivity contribution in [1.29, 1.82) is 0 Å². The van der Waals surface area contributed by atoms with Gasteiger partial charge in [-0.3, -0.25) is 4.57 Å². The van der Waals surface area contributed by atoms with Gasteiger partial charge in [-0.15, -0.1) is 0 Å². The number of ether oxygens (including phenoxy) is 1. The SMILES string of the molecule is Cc1ccc(Oc2nc3cc(-c4ccc(N5CCCC5)cc4)c(Cl)cc3[nH]2)cc1P(=O)(O)O. The molecule has 0 unspecified atom stereocenters. The van der Waals surface area contributed by atoms with Crippen molar-refractivity contribution in [3.63, 3.8) is 0 Å². The molecule has 0 bridgehead atoms. The standard InChI is InChI=1S/C24H23ClN3O4P/c1-15-4-9-18(12-23(15)33(29,30)31)32-24-26-21-13-19(20(25)14-22(21)27-24)16-5-7-17(8-6-16)28-10-2-3-11-28/h4-9,12-14H,2-3,10-11H2,1H3,(H,26,27)(H2,29,30,31). The quantitative estimate of drug-likeness (QED) is 0.329. The minimum Gasteiger partial charge on any atom is -0.426 e. The zero-order chi connectivity index (χ0) is 23.2. The van der Waals surface area contributed by atoms with E-state index in [1.165, 1.54) is 24.6 Å². The molecule has 9 heteroatoms. The molecule has 4 aromatic rings. The Kier molecular flexibility index (Phi) is 5.67. The molecular weight excluding hydrogens is 461 g/mol. The van der Waals surface area contributed by atoms with Crippen molar-refractivity contribution in [3.05, 3.63) is 65.2 Å². The summed E-state index contributed by atoms with van der Waals surface area (Å²) >= 11 is 6.58. The Hall–Kier alpha value is -2.83. The smallest absolute Gasteiger partial charge is 0.356 e. The average Bonchev–Trinajstić information content (AvgIpc) is 3.43. The summed E-state index contributed by atoms with van der Waals surface area (Å²) in [4.78, 5) is 29.0. The number of aromatic amines is 1. The van der Waals surface area contributed by atoms with E-state index in [0.29, 0.717) is 21.6 Å². The number of aryl methyl sites for hydroxylation is 1. The topological polar surface area (TPSA) is 98.7 Å². The van der Waals surface area contributed by atoms with Crippen LogP contribution in [0.25, 0.3) is 22.2 Å². The molecule has 0 spiro atoms. The van der Waals surface area contributed by atoms with Gasteiger partial charge in [0.25, 0.3) is 6.01 Å². The van der Waals surface area contributed by atoms with Gasteiger partial charge in [-0.25, -0.2) is 0 Å². The summed E-state index contributed by atoms with van der Waals surface area (Å²) in [6.45, 7) is 3.83. The minimum atomic E-state index is -4.40. The number of fused-ring (bicyclic) bond motifs is 1. The molecule has 170 valence electrons. The number of H-pyrrole nitrogens is 1. The van der Waals surface area contributed by atoms with Crippen molar-refractivity contribution >= 4 is 41.2 Å². The van der Waals surface area contributed by atoms with Crippen LogP contribution in [-0.2, 0) is 4.57 Å². The lowest BCUT2D eigenvalue weighted by Gasteiger charge is -2.17. The van der Waals surface area contributed by atoms with Crippen LogP contribution in [0.3, 0.4) is 0 Å². The molecule has 7 nitrogen and oxygen atoms in total. The van der Waals surface area contributed by atoms with Crippen LogP contribution in [0.5, 0.6) is 11.8 Å². The second-order valence-electron chi connectivity index (χ2n) is 8.23. The minimum absolute atomic E-state index is 0.0705. The van der Waals surface area contributed by atoms with Gasteiger partial charge in [-0.1, -0.05) is 29.8 Å². The normalized spacial score (nSPS) is 14.2. The molecule has 1 aliphatic heterocycles. The zero-order valence-electron chi connectivity index (χ0n) is 18.0. The maximum Gasteiger partial charge on any atom is 0.356 e. The van der Waals surface area contributed by atoms with E-state index >= 15 is 0 Å². The van der Waals surface area contributed by atoms with Crippen molar-refractivity contribution in [2.45, 2.75) is 19.8 Å². The number of benzene rings is 3. The molecule has 0 radical (unpaired) electrons. The Morgan fingerprint density at radius 1 is 1.06 bits per heavy atom. The molecular formula is C24H23ClN3O4P. The highest BCUT2D eigenvalue weighted by atomic mass is 35.5. The van der Waals surface area contributed by atoms with E-state index < -0.39 is 7.60 Å². The number of nitrogens with zero attached hydrogens (tertiary/aromatic N) is 2. The second kappa shape index (κ2) is 8.50. The number of halogens is 1. The zero-order valence-corrected chi connectivity index (χ0v) is 19.6. The molecule has 1 aromatic heterocycles. The fourth-order valence-electron chi connectivity index (χ4n) is 4.18. The first-order valence-corrected chi connectivity index (χ1v) is 12.7. The largest absolute Gasteiger partial charge is 0.426 e. The highest BCUT2D eigenvalue weighted by Crippen LogP contribution is 2.37. The molecule has 33 heavy (non-hydrogen) atoms. The Morgan fingerprint density at radius 3 is 2.48 bits per heavy atom. The van der Waals surface area contributed by atoms with Gasteiger partial charge < -0.3 is 24.4 Å². The van der Waals surface area contributed by atoms with Gasteiger partial charge >= 0.3 is 7.60 Å². The van der Waals surface area contributed by atoms with Crippen LogP contribution in [0.15, 0.2) is 54.6 Å². The number of hydrogen-bond acceptors (Lipinski definition) is 4. The van der Waals surface area contributed by atoms with Gasteiger partial charge in [0.15, 0.2) is 0 Å². The van der Waals surface area contributed by atoms with E-state index in [-0.39, 0.29) is 17.1 Å². The van der Waals surface area contributed by atoms with Crippen molar-refractivity contribution in [3.8, 4) is 22.9 Å². The number of aromatic nitrogens is 2. The fourth-order valence-corrected chi connectivity index (χ4v) is 5.28. The average molecular weight is 484 g/mol. The van der Waals surface area contributed by atoms with Gasteiger partial charge in [0.05, 0.1) is 21.4 Å². The third-order valence-corrected chi connectivity index (χ3v) is 7.33. The van der Waals surface area contributed by atoms with Gasteiger partial charge in [-0.2, -0.15) is 4.98 Å². The molecule has 3 aromatic carbocycles. The van der Waals surface area contributed by atoms with Crippen LogP contribution in [0, 0.1) is 6.92 Å². The van der Waals surface area contributed by atoms with Gasteiger partial charge in [0.2, 0.25) is 0 Å². The monoisotopic (exact) mass is 483 g/mol. The molecule has 1 aliphatic rings. The molecule has 5 rings (SSSR count). The Balaban J connectivity index is 1.43. The van der Waals surface area contributed by atoms with Crippen LogP contribution in [0.2, 0.25) is 5.02 Å². The van der Waals surface area contributed by atoms with E-state index in [2.05, 4.69) is 39.1 Å². The summed E-state index contributed by atoms with van der Waals surface area (Å²) in [6.07, 6.45) is 2.47. The summed E-state index contributed by atoms with van der Waals surface area (Å²) in [7, 11) is -4.40. The van der Waals surface area contributed by atoms with Crippen LogP contribution in [0.1, 0.15) is 18.4 Å². The molecule has 0 saturated carbocycles. The number of hydrogen-bond donors (Lipinski definition) is 3. The first-order valence-electron chi connectivity index (χ1n) is 10.7. The summed E-state index contributed by atoms with van der Waals surface area (Å²) < 4.78 is 17.5. The molecule has 0 aliphatic carbocycles. The van der Waals surface area contributed by atoms with Crippen molar-refractivity contribution in [2.75, 3.05) is 18.0 Å². The molecule has 0 amide bonds. The number of anilines is 1. The predicted octanol–water partition coefficient (Wildman–Crippen LogP) is 5.39. The Morgan fingerprint density at radius 2 is 1.79 bits per heavy atom. The van der Waals surface area contributed by atoms with E-state index in [0.717, 1.165) is 24.2 Å². The number of rotatable bonds is 5. The lowest BCUT2D eigenvalue weighted by atomic mass is 10.0. The van der Waals surface area contributed by atoms with Crippen molar-refractivity contribution in [2.24, 2.45) is 0 Å². The van der Waals surface area contributed by atoms with E-state index in [1.54, 1.807) is 25.1 Å². The van der Waals surface area contributed by atoms with Crippen LogP contribution >= 0.6 is 19.2 Å². The highest BCUT2D eigenvalue weighted by molar-refractivity contribution is 7.60. The van der Waals surface area contributed by atoms with Crippen LogP contribution in [-0.4, -0.2) is 32.8 Å². The van der Waals surface area contributed by atoms with Crippen LogP contribution < -0.4 is 14.9 Å². The fraction of sp³-hybridized carbons (Fsp3) is 0.208. The van der Waals surface area contributed by atoms with Crippen LogP contribution in [0.4, 0.5) is 5.69 Å². The summed E-state index contributed by atoms with van der Waals surface area (Å²) in [5.74, 6) is 0.279. The molecule has 0 atom stereocenters. The third kappa shape index (κ3) is 4.50. The first kappa shape index (κ1) is 22.0. The van der Waals surface area contributed by atoms with Gasteiger partial charge in [0.1, 0.15) is 5.75 Å². The summed E-state index contributed by atoms with van der Waals surface area (Å²) in [5.41, 5.74) is 4.96. The lowest BCUT2D eigenvalue weighted by Crippen LogP contribution is -2.17. The molecule has 1 saturated heterocycles. The lowest BCUT2D eigenvalue weighted by molar-refractivity contribution is 0.386. The predicted molar refractivity (Wildman–Crippen MR) is 131 cm³/mol. The molecule has 3 N–H and O–H groups in total. The number of imidazole rings is 1.